The monoisotopic (exact) mass is 325 g/mol. The van der Waals surface area contributed by atoms with Gasteiger partial charge in [-0.1, -0.05) is 12.1 Å². The summed E-state index contributed by atoms with van der Waals surface area (Å²) in [6.07, 6.45) is 2.91. The van der Waals surface area contributed by atoms with Crippen molar-refractivity contribution in [2.75, 3.05) is 5.43 Å². The number of aromatic nitrogens is 1. The fraction of sp³-hybridized carbons (Fsp3) is 0. The van der Waals surface area contributed by atoms with Gasteiger partial charge in [-0.05, 0) is 24.3 Å². The molecule has 24 heavy (non-hydrogen) atoms. The molecule has 0 bridgehead atoms. The number of para-hydroxylation sites is 1. The maximum absolute atomic E-state index is 13.6. The number of nitrogens with zero attached hydrogens (tertiary/aromatic N) is 4. The van der Waals surface area contributed by atoms with Crippen LogP contribution in [-0.2, 0) is 0 Å². The zero-order valence-electron chi connectivity index (χ0n) is 12.3. The number of amides is 1. The van der Waals surface area contributed by atoms with Crippen molar-refractivity contribution in [2.24, 2.45) is 15.9 Å². The van der Waals surface area contributed by atoms with E-state index in [-0.39, 0.29) is 23.1 Å². The Labute approximate surface area is 136 Å². The Balaban J connectivity index is 1.82. The van der Waals surface area contributed by atoms with Gasteiger partial charge in [0, 0.05) is 18.0 Å². The highest BCUT2D eigenvalue weighted by Gasteiger charge is 2.32. The molecule has 120 valence electrons. The molecule has 0 saturated carbocycles. The molecule has 0 unspecified atom stereocenters. The summed E-state index contributed by atoms with van der Waals surface area (Å²) in [6.45, 7) is 0. The Morgan fingerprint density at radius 2 is 1.96 bits per heavy atom. The van der Waals surface area contributed by atoms with E-state index in [1.807, 2.05) is 0 Å². The van der Waals surface area contributed by atoms with Crippen LogP contribution in [0, 0.1) is 11.2 Å². The average Bonchev–Trinajstić information content (AvgIpc) is 2.89. The third-order valence-electron chi connectivity index (χ3n) is 3.17. The summed E-state index contributed by atoms with van der Waals surface area (Å²) >= 11 is 0. The van der Waals surface area contributed by atoms with Gasteiger partial charge in [0.1, 0.15) is 5.82 Å². The molecule has 1 aromatic heterocycles. The van der Waals surface area contributed by atoms with Crippen LogP contribution in [0.5, 0.6) is 0 Å². The molecule has 1 aliphatic heterocycles. The largest absolute Gasteiger partial charge is 0.380 e. The Bertz CT molecular complexity index is 863. The molecule has 1 aromatic carbocycles. The van der Waals surface area contributed by atoms with E-state index in [9.17, 15) is 9.18 Å². The second-order valence-electron chi connectivity index (χ2n) is 4.74. The molecule has 0 radical (unpaired) electrons. The molecule has 2 heterocycles. The van der Waals surface area contributed by atoms with Gasteiger partial charge in [-0.25, -0.2) is 4.39 Å². The lowest BCUT2D eigenvalue weighted by atomic mass is 10.2. The second-order valence-corrected chi connectivity index (χ2v) is 4.74. The lowest BCUT2D eigenvalue weighted by Gasteiger charge is -2.11. The van der Waals surface area contributed by atoms with Crippen molar-refractivity contribution in [3.05, 3.63) is 60.2 Å². The molecule has 0 atom stereocenters. The number of hydrogen-bond acceptors (Lipinski definition) is 7. The SMILES string of the molecule is N=C1/C(=N\Nc2ccccc2F)C(N)=NN1C(=O)c1ccncc1. The number of halogens is 1. The van der Waals surface area contributed by atoms with Gasteiger partial charge in [0.25, 0.3) is 5.91 Å². The molecule has 9 heteroatoms. The summed E-state index contributed by atoms with van der Waals surface area (Å²) in [5, 5.41) is 16.6. The number of amidine groups is 2. The highest BCUT2D eigenvalue weighted by atomic mass is 19.1. The lowest BCUT2D eigenvalue weighted by molar-refractivity contribution is 0.0853. The predicted octanol–water partition coefficient (Wildman–Crippen LogP) is 1.39. The Morgan fingerprint density at radius 3 is 2.67 bits per heavy atom. The van der Waals surface area contributed by atoms with Gasteiger partial charge in [0.15, 0.2) is 17.4 Å². The number of carbonyl (C=O) groups is 1. The van der Waals surface area contributed by atoms with Crippen molar-refractivity contribution in [1.29, 1.82) is 5.41 Å². The maximum atomic E-state index is 13.6. The molecule has 0 aliphatic carbocycles. The number of nitrogens with one attached hydrogen (secondary N) is 2. The summed E-state index contributed by atoms with van der Waals surface area (Å²) in [5.41, 5.74) is 8.56. The summed E-state index contributed by atoms with van der Waals surface area (Å²) in [6, 6.07) is 8.89. The zero-order chi connectivity index (χ0) is 17.1. The van der Waals surface area contributed by atoms with Gasteiger partial charge in [-0.2, -0.15) is 10.1 Å². The number of nitrogens with two attached hydrogens (primary N) is 1. The smallest absolute Gasteiger partial charge is 0.280 e. The van der Waals surface area contributed by atoms with Crippen LogP contribution in [0.25, 0.3) is 0 Å². The molecule has 1 aliphatic rings. The van der Waals surface area contributed by atoms with Crippen LogP contribution in [0.15, 0.2) is 59.0 Å². The normalized spacial score (nSPS) is 15.5. The molecule has 4 N–H and O–H groups in total. The summed E-state index contributed by atoms with van der Waals surface area (Å²) in [5.74, 6) is -1.47. The third-order valence-corrected chi connectivity index (χ3v) is 3.17. The molecule has 2 aromatic rings. The quantitative estimate of drug-likeness (QED) is 0.739. The Morgan fingerprint density at radius 1 is 1.25 bits per heavy atom. The van der Waals surface area contributed by atoms with Crippen LogP contribution >= 0.6 is 0 Å². The lowest BCUT2D eigenvalue weighted by Crippen LogP contribution is -2.34. The molecule has 3 rings (SSSR count). The van der Waals surface area contributed by atoms with E-state index in [0.717, 1.165) is 5.01 Å². The fourth-order valence-electron chi connectivity index (χ4n) is 1.97. The van der Waals surface area contributed by atoms with Crippen LogP contribution in [0.1, 0.15) is 10.4 Å². The van der Waals surface area contributed by atoms with Crippen molar-refractivity contribution in [3.8, 4) is 0 Å². The minimum Gasteiger partial charge on any atom is -0.380 e. The van der Waals surface area contributed by atoms with E-state index in [1.54, 1.807) is 6.07 Å². The standard InChI is InChI=1S/C15H12FN7O/c16-10-3-1-2-4-11(10)20-21-12-13(17)22-23(14(12)18)15(24)9-5-7-19-8-6-9/h1-8,18,20H,(H2,17,22)/b18-14?,21-12-. The van der Waals surface area contributed by atoms with Crippen molar-refractivity contribution >= 4 is 29.0 Å². The molecular weight excluding hydrogens is 313 g/mol. The Kier molecular flexibility index (Phi) is 3.98. The molecule has 0 spiro atoms. The first-order valence-corrected chi connectivity index (χ1v) is 6.84. The first kappa shape index (κ1) is 15.3. The highest BCUT2D eigenvalue weighted by Crippen LogP contribution is 2.14. The predicted molar refractivity (Wildman–Crippen MR) is 87.2 cm³/mol. The highest BCUT2D eigenvalue weighted by molar-refractivity contribution is 6.69. The van der Waals surface area contributed by atoms with Crippen LogP contribution in [-0.4, -0.2) is 33.3 Å². The van der Waals surface area contributed by atoms with Crippen molar-refractivity contribution < 1.29 is 9.18 Å². The minimum atomic E-state index is -0.540. The first-order chi connectivity index (χ1) is 11.6. The number of hydrazone groups is 2. The maximum Gasteiger partial charge on any atom is 0.280 e. The van der Waals surface area contributed by atoms with E-state index in [2.05, 4.69) is 20.6 Å². The third kappa shape index (κ3) is 2.82. The number of pyridine rings is 1. The number of benzene rings is 1. The Hall–Kier alpha value is -3.62. The van der Waals surface area contributed by atoms with Gasteiger partial charge in [0.05, 0.1) is 5.69 Å². The van der Waals surface area contributed by atoms with E-state index in [1.165, 1.54) is 42.7 Å². The van der Waals surface area contributed by atoms with Crippen molar-refractivity contribution in [1.82, 2.24) is 9.99 Å². The topological polar surface area (TPSA) is 120 Å². The molecule has 1 amide bonds. The summed E-state index contributed by atoms with van der Waals surface area (Å²) in [4.78, 5) is 16.2. The fourth-order valence-corrected chi connectivity index (χ4v) is 1.97. The number of hydrogen-bond donors (Lipinski definition) is 3. The molecule has 0 saturated heterocycles. The van der Waals surface area contributed by atoms with Gasteiger partial charge >= 0.3 is 0 Å². The van der Waals surface area contributed by atoms with Crippen molar-refractivity contribution in [3.63, 3.8) is 0 Å². The van der Waals surface area contributed by atoms with E-state index >= 15 is 0 Å². The number of rotatable bonds is 3. The van der Waals surface area contributed by atoms with Crippen LogP contribution in [0.2, 0.25) is 0 Å². The van der Waals surface area contributed by atoms with Crippen molar-refractivity contribution in [2.45, 2.75) is 0 Å². The molecular formula is C15H12FN7O. The van der Waals surface area contributed by atoms with E-state index in [4.69, 9.17) is 11.1 Å². The molecule has 0 fully saturated rings. The van der Waals surface area contributed by atoms with Gasteiger partial charge in [-0.15, -0.1) is 5.10 Å². The minimum absolute atomic E-state index is 0.0549. The second kappa shape index (κ2) is 6.24. The van der Waals surface area contributed by atoms with E-state index < -0.39 is 11.7 Å². The number of anilines is 1. The van der Waals surface area contributed by atoms with E-state index in [0.29, 0.717) is 5.56 Å². The van der Waals surface area contributed by atoms with Crippen LogP contribution in [0.4, 0.5) is 10.1 Å². The number of carbonyl (C=O) groups excluding carboxylic acids is 1. The van der Waals surface area contributed by atoms with Gasteiger partial charge in [-0.3, -0.25) is 20.6 Å². The summed E-state index contributed by atoms with van der Waals surface area (Å²) < 4.78 is 13.6. The zero-order valence-corrected chi connectivity index (χ0v) is 12.3. The summed E-state index contributed by atoms with van der Waals surface area (Å²) in [7, 11) is 0. The van der Waals surface area contributed by atoms with Gasteiger partial charge < -0.3 is 5.73 Å². The molecule has 8 nitrogen and oxygen atoms in total. The van der Waals surface area contributed by atoms with Gasteiger partial charge in [0.2, 0.25) is 0 Å². The first-order valence-electron chi connectivity index (χ1n) is 6.84. The van der Waals surface area contributed by atoms with Crippen LogP contribution < -0.4 is 11.2 Å². The average molecular weight is 325 g/mol. The van der Waals surface area contributed by atoms with Crippen LogP contribution in [0.3, 0.4) is 0 Å².